The molecule has 0 radical (unpaired) electrons. The van der Waals surface area contributed by atoms with Gasteiger partial charge in [0.2, 0.25) is 0 Å². The summed E-state index contributed by atoms with van der Waals surface area (Å²) < 4.78 is 30.7. The normalized spacial score (nSPS) is 11.6. The van der Waals surface area contributed by atoms with E-state index in [2.05, 4.69) is 10.4 Å². The zero-order valence-corrected chi connectivity index (χ0v) is 17.1. The van der Waals surface area contributed by atoms with E-state index in [1.54, 1.807) is 6.20 Å². The lowest BCUT2D eigenvalue weighted by molar-refractivity contribution is -0.112. The molecule has 2 heterocycles. The van der Waals surface area contributed by atoms with Gasteiger partial charge in [0.25, 0.3) is 5.91 Å². The highest BCUT2D eigenvalue weighted by atomic mass is 19.1. The molecule has 0 saturated heterocycles. The highest BCUT2D eigenvalue weighted by Crippen LogP contribution is 2.24. The Morgan fingerprint density at radius 1 is 1.23 bits per heavy atom. The number of carbonyl (C=O) groups excluding carboxylic acids is 1. The molecule has 3 rings (SSSR count). The second kappa shape index (κ2) is 8.33. The van der Waals surface area contributed by atoms with Crippen molar-refractivity contribution in [3.63, 3.8) is 0 Å². The lowest BCUT2D eigenvalue weighted by Gasteiger charge is -2.15. The third-order valence-corrected chi connectivity index (χ3v) is 4.68. The van der Waals surface area contributed by atoms with Crippen molar-refractivity contribution in [3.8, 4) is 11.9 Å². The molecule has 1 N–H and O–H groups in total. The predicted octanol–water partition coefficient (Wildman–Crippen LogP) is 4.70. The van der Waals surface area contributed by atoms with E-state index in [1.165, 1.54) is 6.08 Å². The number of nitrogens with one attached hydrogen (secondary N) is 1. The zero-order valence-electron chi connectivity index (χ0n) is 17.1. The minimum atomic E-state index is -0.916. The Morgan fingerprint density at radius 3 is 2.60 bits per heavy atom. The van der Waals surface area contributed by atoms with Gasteiger partial charge >= 0.3 is 0 Å². The second-order valence-corrected chi connectivity index (χ2v) is 7.14. The predicted molar refractivity (Wildman–Crippen MR) is 110 cm³/mol. The molecule has 0 fully saturated rings. The van der Waals surface area contributed by atoms with E-state index in [0.717, 1.165) is 29.3 Å². The first kappa shape index (κ1) is 21.0. The molecule has 1 aromatic carbocycles. The third-order valence-electron chi connectivity index (χ3n) is 4.68. The molecule has 8 heteroatoms. The summed E-state index contributed by atoms with van der Waals surface area (Å²) in [5, 5.41) is 16.1. The molecule has 30 heavy (non-hydrogen) atoms. The van der Waals surface area contributed by atoms with Gasteiger partial charge < -0.3 is 9.88 Å². The largest absolute Gasteiger partial charge is 0.319 e. The number of nitrogens with zero attached hydrogens (tertiary/aromatic N) is 4. The summed E-state index contributed by atoms with van der Waals surface area (Å²) in [5.74, 6) is -1.58. The van der Waals surface area contributed by atoms with Crippen LogP contribution in [0.4, 0.5) is 14.5 Å². The van der Waals surface area contributed by atoms with Crippen LogP contribution in [0.3, 0.4) is 0 Å². The molecule has 0 aliphatic carbocycles. The van der Waals surface area contributed by atoms with E-state index >= 15 is 0 Å². The molecule has 154 valence electrons. The standard InChI is InChI=1S/C22H21F2N5O/c1-13(2)29-21(7-8-26-29)28-14(3)9-16(15(28)4)10-17(12-25)22(30)27-20-6-5-18(23)11-19(20)24/h5-11,13H,1-4H3,(H,27,30)/b17-10+. The number of benzene rings is 1. The summed E-state index contributed by atoms with van der Waals surface area (Å²) in [6, 6.07) is 8.55. The van der Waals surface area contributed by atoms with Crippen LogP contribution >= 0.6 is 0 Å². The maximum atomic E-state index is 13.8. The van der Waals surface area contributed by atoms with Crippen LogP contribution < -0.4 is 5.32 Å². The minimum absolute atomic E-state index is 0.154. The van der Waals surface area contributed by atoms with Crippen molar-refractivity contribution >= 4 is 17.7 Å². The Bertz CT molecular complexity index is 1180. The van der Waals surface area contributed by atoms with Gasteiger partial charge in [0, 0.05) is 29.6 Å². The van der Waals surface area contributed by atoms with Crippen molar-refractivity contribution in [1.82, 2.24) is 14.3 Å². The summed E-state index contributed by atoms with van der Waals surface area (Å²) in [7, 11) is 0. The summed E-state index contributed by atoms with van der Waals surface area (Å²) in [6.07, 6.45) is 3.17. The number of nitriles is 1. The molecule has 3 aromatic rings. The molecule has 0 atom stereocenters. The number of hydrogen-bond donors (Lipinski definition) is 1. The Hall–Kier alpha value is -3.73. The third kappa shape index (κ3) is 4.01. The number of rotatable bonds is 5. The molecule has 0 aliphatic rings. The van der Waals surface area contributed by atoms with Crippen LogP contribution in [0, 0.1) is 36.8 Å². The van der Waals surface area contributed by atoms with Crippen LogP contribution in [-0.2, 0) is 4.79 Å². The van der Waals surface area contributed by atoms with E-state index in [4.69, 9.17) is 0 Å². The number of anilines is 1. The van der Waals surface area contributed by atoms with Crippen molar-refractivity contribution in [2.24, 2.45) is 0 Å². The molecule has 1 amide bonds. The molecule has 2 aromatic heterocycles. The first-order valence-electron chi connectivity index (χ1n) is 9.34. The fourth-order valence-corrected chi connectivity index (χ4v) is 3.25. The van der Waals surface area contributed by atoms with Gasteiger partial charge in [-0.1, -0.05) is 0 Å². The molecular formula is C22H21F2N5O. The van der Waals surface area contributed by atoms with Crippen LogP contribution in [0.5, 0.6) is 0 Å². The second-order valence-electron chi connectivity index (χ2n) is 7.14. The average Bonchev–Trinajstić information content (AvgIpc) is 3.26. The van der Waals surface area contributed by atoms with Crippen molar-refractivity contribution in [2.45, 2.75) is 33.7 Å². The van der Waals surface area contributed by atoms with Crippen molar-refractivity contribution in [3.05, 3.63) is 70.7 Å². The van der Waals surface area contributed by atoms with E-state index in [9.17, 15) is 18.8 Å². The number of carbonyl (C=O) groups is 1. The number of amides is 1. The van der Waals surface area contributed by atoms with Crippen LogP contribution in [-0.4, -0.2) is 20.3 Å². The van der Waals surface area contributed by atoms with Gasteiger partial charge in [-0.25, -0.2) is 13.5 Å². The van der Waals surface area contributed by atoms with Crippen LogP contribution in [0.2, 0.25) is 0 Å². The van der Waals surface area contributed by atoms with Crippen molar-refractivity contribution in [1.29, 1.82) is 5.26 Å². The summed E-state index contributed by atoms with van der Waals surface area (Å²) in [4.78, 5) is 12.5. The number of aryl methyl sites for hydroxylation is 1. The number of halogens is 2. The van der Waals surface area contributed by atoms with Gasteiger partial charge in [-0.15, -0.1) is 0 Å². The lowest BCUT2D eigenvalue weighted by Crippen LogP contribution is -2.14. The fraction of sp³-hybridized carbons (Fsp3) is 0.227. The van der Waals surface area contributed by atoms with E-state index in [-0.39, 0.29) is 17.3 Å². The SMILES string of the molecule is Cc1cc(/C=C(\C#N)C(=O)Nc2ccc(F)cc2F)c(C)n1-c1ccnn1C(C)C. The lowest BCUT2D eigenvalue weighted by atomic mass is 10.1. The van der Waals surface area contributed by atoms with Gasteiger partial charge in [0.15, 0.2) is 0 Å². The minimum Gasteiger partial charge on any atom is -0.319 e. The van der Waals surface area contributed by atoms with Gasteiger partial charge in [-0.3, -0.25) is 4.79 Å². The van der Waals surface area contributed by atoms with Gasteiger partial charge in [-0.05, 0) is 57.5 Å². The molecule has 0 unspecified atom stereocenters. The quantitative estimate of drug-likeness (QED) is 0.490. The average molecular weight is 409 g/mol. The monoisotopic (exact) mass is 409 g/mol. The first-order valence-corrected chi connectivity index (χ1v) is 9.34. The summed E-state index contributed by atoms with van der Waals surface area (Å²) >= 11 is 0. The molecule has 0 saturated carbocycles. The van der Waals surface area contributed by atoms with E-state index in [1.807, 2.05) is 55.1 Å². The molecule has 0 spiro atoms. The molecular weight excluding hydrogens is 388 g/mol. The zero-order chi connectivity index (χ0) is 22.0. The molecule has 0 aliphatic heterocycles. The highest BCUT2D eigenvalue weighted by molar-refractivity contribution is 6.09. The summed E-state index contributed by atoms with van der Waals surface area (Å²) in [5.41, 5.74) is 2.01. The van der Waals surface area contributed by atoms with Crippen molar-refractivity contribution < 1.29 is 13.6 Å². The Labute approximate surface area is 173 Å². The van der Waals surface area contributed by atoms with Gasteiger partial charge in [-0.2, -0.15) is 10.4 Å². The Morgan fingerprint density at radius 2 is 1.97 bits per heavy atom. The van der Waals surface area contributed by atoms with Crippen LogP contribution in [0.15, 0.2) is 42.1 Å². The van der Waals surface area contributed by atoms with Gasteiger partial charge in [0.1, 0.15) is 29.1 Å². The van der Waals surface area contributed by atoms with E-state index in [0.29, 0.717) is 11.6 Å². The van der Waals surface area contributed by atoms with E-state index < -0.39 is 17.5 Å². The van der Waals surface area contributed by atoms with Gasteiger partial charge in [0.05, 0.1) is 11.9 Å². The van der Waals surface area contributed by atoms with Crippen LogP contribution in [0.1, 0.15) is 36.8 Å². The topological polar surface area (TPSA) is 75.6 Å². The number of aromatic nitrogens is 3. The van der Waals surface area contributed by atoms with Crippen molar-refractivity contribution in [2.75, 3.05) is 5.32 Å². The first-order chi connectivity index (χ1) is 14.2. The highest BCUT2D eigenvalue weighted by Gasteiger charge is 2.17. The maximum absolute atomic E-state index is 13.8. The smallest absolute Gasteiger partial charge is 0.266 e. The Kier molecular flexibility index (Phi) is 5.83. The fourth-order valence-electron chi connectivity index (χ4n) is 3.25. The Balaban J connectivity index is 1.96. The summed E-state index contributed by atoms with van der Waals surface area (Å²) in [6.45, 7) is 7.85. The number of hydrogen-bond acceptors (Lipinski definition) is 3. The van der Waals surface area contributed by atoms with Crippen LogP contribution in [0.25, 0.3) is 11.9 Å². The maximum Gasteiger partial charge on any atom is 0.266 e. The molecule has 0 bridgehead atoms. The molecule has 6 nitrogen and oxygen atoms in total.